The molecule has 118 valence electrons. The molecule has 2 rings (SSSR count). The van der Waals surface area contributed by atoms with Crippen molar-refractivity contribution < 1.29 is 9.47 Å². The van der Waals surface area contributed by atoms with Gasteiger partial charge in [-0.3, -0.25) is 0 Å². The monoisotopic (exact) mass is 302 g/mol. The summed E-state index contributed by atoms with van der Waals surface area (Å²) < 4.78 is 12.7. The van der Waals surface area contributed by atoms with E-state index in [1.165, 1.54) is 0 Å². The average molecular weight is 302 g/mol. The molecule has 0 radical (unpaired) electrons. The topological polar surface area (TPSA) is 74.7 Å². The van der Waals surface area contributed by atoms with Crippen molar-refractivity contribution in [2.24, 2.45) is 5.10 Å². The first kappa shape index (κ1) is 16.2. The van der Waals surface area contributed by atoms with E-state index in [0.29, 0.717) is 19.2 Å². The molecule has 6 nitrogen and oxygen atoms in total. The minimum Gasteiger partial charge on any atom is -0.368 e. The van der Waals surface area contributed by atoms with Crippen LogP contribution in [0.4, 0.5) is 5.95 Å². The number of ether oxygens (including phenoxy) is 2. The van der Waals surface area contributed by atoms with E-state index >= 15 is 0 Å². The fraction of sp³-hybridized carbons (Fsp3) is 0.375. The van der Waals surface area contributed by atoms with Crippen LogP contribution in [0.3, 0.4) is 0 Å². The summed E-state index contributed by atoms with van der Waals surface area (Å²) in [5.41, 5.74) is 8.52. The quantitative estimate of drug-likeness (QED) is 0.630. The van der Waals surface area contributed by atoms with Crippen molar-refractivity contribution in [2.75, 3.05) is 18.9 Å². The molecule has 2 aromatic rings. The molecule has 0 fully saturated rings. The number of aryl methyl sites for hydroxylation is 1. The van der Waals surface area contributed by atoms with Gasteiger partial charge in [0.15, 0.2) is 6.29 Å². The standard InChI is InChI=1S/C16H22N4O2/c1-4-21-15(22-5-2)14-8-6-13(7-9-14)10-18-20-11-12(3)19-16(20)17/h6-11,15H,4-5H2,1-3H3,(H2,17,19). The lowest BCUT2D eigenvalue weighted by molar-refractivity contribution is -0.140. The molecule has 1 aromatic carbocycles. The Bertz CT molecular complexity index is 614. The van der Waals surface area contributed by atoms with Crippen molar-refractivity contribution in [1.82, 2.24) is 9.66 Å². The van der Waals surface area contributed by atoms with E-state index in [9.17, 15) is 0 Å². The van der Waals surface area contributed by atoms with Crippen molar-refractivity contribution in [3.05, 3.63) is 47.3 Å². The van der Waals surface area contributed by atoms with Gasteiger partial charge in [0, 0.05) is 18.8 Å². The van der Waals surface area contributed by atoms with Crippen molar-refractivity contribution in [3.63, 3.8) is 0 Å². The molecule has 0 bridgehead atoms. The molecule has 0 saturated heterocycles. The van der Waals surface area contributed by atoms with Gasteiger partial charge in [-0.15, -0.1) is 0 Å². The Morgan fingerprint density at radius 3 is 2.36 bits per heavy atom. The van der Waals surface area contributed by atoms with E-state index in [-0.39, 0.29) is 6.29 Å². The lowest BCUT2D eigenvalue weighted by Crippen LogP contribution is -2.08. The second-order valence-electron chi connectivity index (χ2n) is 4.74. The molecule has 2 N–H and O–H groups in total. The summed E-state index contributed by atoms with van der Waals surface area (Å²) in [6, 6.07) is 7.87. The number of imidazole rings is 1. The van der Waals surface area contributed by atoms with E-state index in [0.717, 1.165) is 16.8 Å². The minimum atomic E-state index is -0.326. The summed E-state index contributed by atoms with van der Waals surface area (Å²) in [5, 5.41) is 4.29. The zero-order chi connectivity index (χ0) is 15.9. The van der Waals surface area contributed by atoms with Gasteiger partial charge in [0.2, 0.25) is 5.95 Å². The molecule has 0 aliphatic heterocycles. The maximum absolute atomic E-state index is 5.74. The summed E-state index contributed by atoms with van der Waals surface area (Å²) in [6.45, 7) is 6.98. The number of nitrogens with two attached hydrogens (primary N) is 1. The largest absolute Gasteiger partial charge is 0.368 e. The van der Waals surface area contributed by atoms with E-state index in [1.54, 1.807) is 17.1 Å². The fourth-order valence-corrected chi connectivity index (χ4v) is 2.01. The van der Waals surface area contributed by atoms with Gasteiger partial charge in [-0.1, -0.05) is 24.3 Å². The van der Waals surface area contributed by atoms with Crippen LogP contribution in [0.15, 0.2) is 35.6 Å². The van der Waals surface area contributed by atoms with Crippen molar-refractivity contribution >= 4 is 12.2 Å². The average Bonchev–Trinajstić information content (AvgIpc) is 2.83. The fourth-order valence-electron chi connectivity index (χ4n) is 2.01. The summed E-state index contributed by atoms with van der Waals surface area (Å²) >= 11 is 0. The van der Waals surface area contributed by atoms with Crippen LogP contribution in [-0.4, -0.2) is 29.1 Å². The molecule has 0 unspecified atom stereocenters. The third-order valence-electron chi connectivity index (χ3n) is 3.01. The highest BCUT2D eigenvalue weighted by Gasteiger charge is 2.10. The smallest absolute Gasteiger partial charge is 0.221 e. The highest BCUT2D eigenvalue weighted by molar-refractivity contribution is 5.79. The number of rotatable bonds is 7. The van der Waals surface area contributed by atoms with Gasteiger partial charge in [-0.25, -0.2) is 9.66 Å². The molecule has 0 atom stereocenters. The Morgan fingerprint density at radius 1 is 1.23 bits per heavy atom. The number of anilines is 1. The predicted octanol–water partition coefficient (Wildman–Crippen LogP) is 2.73. The Hall–Kier alpha value is -2.18. The molecule has 0 aliphatic rings. The number of hydrogen-bond donors (Lipinski definition) is 1. The number of hydrogen-bond acceptors (Lipinski definition) is 5. The molecule has 0 saturated carbocycles. The van der Waals surface area contributed by atoms with Crippen LogP contribution in [0.2, 0.25) is 0 Å². The van der Waals surface area contributed by atoms with E-state index in [4.69, 9.17) is 15.2 Å². The zero-order valence-electron chi connectivity index (χ0n) is 13.2. The van der Waals surface area contributed by atoms with E-state index < -0.39 is 0 Å². The highest BCUT2D eigenvalue weighted by Crippen LogP contribution is 2.19. The van der Waals surface area contributed by atoms with Gasteiger partial charge >= 0.3 is 0 Å². The second-order valence-corrected chi connectivity index (χ2v) is 4.74. The van der Waals surface area contributed by atoms with Crippen molar-refractivity contribution in [2.45, 2.75) is 27.1 Å². The Morgan fingerprint density at radius 2 is 1.86 bits per heavy atom. The van der Waals surface area contributed by atoms with Gasteiger partial charge in [-0.05, 0) is 26.3 Å². The van der Waals surface area contributed by atoms with Crippen LogP contribution in [-0.2, 0) is 9.47 Å². The number of nitrogens with zero attached hydrogens (tertiary/aromatic N) is 3. The molecule has 1 aromatic heterocycles. The van der Waals surface area contributed by atoms with Crippen molar-refractivity contribution in [1.29, 1.82) is 0 Å². The number of aromatic nitrogens is 2. The van der Waals surface area contributed by atoms with Crippen LogP contribution >= 0.6 is 0 Å². The molecular formula is C16H22N4O2. The Labute approximate surface area is 130 Å². The second kappa shape index (κ2) is 7.72. The molecule has 6 heteroatoms. The van der Waals surface area contributed by atoms with E-state index in [1.807, 2.05) is 45.0 Å². The number of benzene rings is 1. The van der Waals surface area contributed by atoms with Crippen LogP contribution in [0.25, 0.3) is 0 Å². The van der Waals surface area contributed by atoms with Gasteiger partial charge in [0.1, 0.15) is 0 Å². The molecule has 22 heavy (non-hydrogen) atoms. The first-order chi connectivity index (χ1) is 10.6. The third-order valence-corrected chi connectivity index (χ3v) is 3.01. The lowest BCUT2D eigenvalue weighted by Gasteiger charge is -2.17. The molecule has 0 amide bonds. The van der Waals surface area contributed by atoms with Crippen molar-refractivity contribution in [3.8, 4) is 0 Å². The third kappa shape index (κ3) is 4.16. The van der Waals surface area contributed by atoms with Gasteiger partial charge in [0.05, 0.1) is 18.1 Å². The maximum Gasteiger partial charge on any atom is 0.221 e. The van der Waals surface area contributed by atoms with Crippen LogP contribution in [0, 0.1) is 6.92 Å². The Balaban J connectivity index is 2.09. The van der Waals surface area contributed by atoms with Crippen LogP contribution in [0.1, 0.15) is 37.0 Å². The number of nitrogen functional groups attached to an aromatic ring is 1. The van der Waals surface area contributed by atoms with Gasteiger partial charge < -0.3 is 15.2 Å². The molecule has 0 spiro atoms. The lowest BCUT2D eigenvalue weighted by atomic mass is 10.1. The van der Waals surface area contributed by atoms with Gasteiger partial charge in [0.25, 0.3) is 0 Å². The molecule has 0 aliphatic carbocycles. The zero-order valence-corrected chi connectivity index (χ0v) is 13.2. The summed E-state index contributed by atoms with van der Waals surface area (Å²) in [4.78, 5) is 4.10. The maximum atomic E-state index is 5.74. The summed E-state index contributed by atoms with van der Waals surface area (Å²) in [5.74, 6) is 0.373. The summed E-state index contributed by atoms with van der Waals surface area (Å²) in [6.07, 6.45) is 3.19. The molecule has 1 heterocycles. The van der Waals surface area contributed by atoms with Crippen LogP contribution < -0.4 is 5.73 Å². The first-order valence-electron chi connectivity index (χ1n) is 7.33. The minimum absolute atomic E-state index is 0.326. The van der Waals surface area contributed by atoms with E-state index in [2.05, 4.69) is 10.1 Å². The van der Waals surface area contributed by atoms with Crippen LogP contribution in [0.5, 0.6) is 0 Å². The highest BCUT2D eigenvalue weighted by atomic mass is 16.7. The van der Waals surface area contributed by atoms with Gasteiger partial charge in [-0.2, -0.15) is 5.10 Å². The SMILES string of the molecule is CCOC(OCC)c1ccc(C=Nn2cc(C)nc2N)cc1. The predicted molar refractivity (Wildman–Crippen MR) is 86.8 cm³/mol. The molecular weight excluding hydrogens is 280 g/mol. The first-order valence-corrected chi connectivity index (χ1v) is 7.33. The normalized spacial score (nSPS) is 11.6. The Kier molecular flexibility index (Phi) is 5.68. The summed E-state index contributed by atoms with van der Waals surface area (Å²) in [7, 11) is 0.